The third-order valence-electron chi connectivity index (χ3n) is 2.37. The lowest BCUT2D eigenvalue weighted by molar-refractivity contribution is 0.0934. The third kappa shape index (κ3) is 3.10. The highest BCUT2D eigenvalue weighted by Gasteiger charge is 2.03. The molecule has 0 saturated carbocycles. The molecule has 1 heterocycles. The second-order valence-electron chi connectivity index (χ2n) is 3.54. The number of ether oxygens (including phenoxy) is 2. The minimum Gasteiger partial charge on any atom is -0.491 e. The summed E-state index contributed by atoms with van der Waals surface area (Å²) >= 11 is 0. The van der Waals surface area contributed by atoms with E-state index in [-0.39, 0.29) is 0 Å². The number of benzene rings is 1. The molecule has 0 fully saturated rings. The van der Waals surface area contributed by atoms with Crippen LogP contribution in [0.25, 0.3) is 5.76 Å². The molecule has 1 aromatic carbocycles. The van der Waals surface area contributed by atoms with Crippen LogP contribution in [-0.2, 0) is 9.47 Å². The van der Waals surface area contributed by atoms with Crippen LogP contribution in [0.2, 0.25) is 0 Å². The Labute approximate surface area is 90.5 Å². The van der Waals surface area contributed by atoms with E-state index in [4.69, 9.17) is 9.47 Å². The van der Waals surface area contributed by atoms with Crippen molar-refractivity contribution >= 4 is 5.76 Å². The maximum atomic E-state index is 5.69. The van der Waals surface area contributed by atoms with Gasteiger partial charge < -0.3 is 9.47 Å². The Hall–Kier alpha value is -1.28. The van der Waals surface area contributed by atoms with Gasteiger partial charge in [-0.15, -0.1) is 0 Å². The van der Waals surface area contributed by atoms with Crippen molar-refractivity contribution in [3.8, 4) is 0 Å². The topological polar surface area (TPSA) is 18.5 Å². The van der Waals surface area contributed by atoms with Gasteiger partial charge in [0.05, 0.1) is 6.61 Å². The van der Waals surface area contributed by atoms with Crippen LogP contribution in [0.5, 0.6) is 0 Å². The predicted molar refractivity (Wildman–Crippen MR) is 60.4 cm³/mol. The first-order valence-corrected chi connectivity index (χ1v) is 5.43. The second-order valence-corrected chi connectivity index (χ2v) is 3.54. The molecule has 0 unspecified atom stereocenters. The van der Waals surface area contributed by atoms with Gasteiger partial charge >= 0.3 is 0 Å². The molecule has 0 aromatic heterocycles. The monoisotopic (exact) mass is 204 g/mol. The third-order valence-corrected chi connectivity index (χ3v) is 2.37. The fraction of sp³-hybridized carbons (Fsp3) is 0.385. The largest absolute Gasteiger partial charge is 0.491 e. The minimum absolute atomic E-state index is 0.640. The van der Waals surface area contributed by atoms with Gasteiger partial charge in [-0.05, 0) is 18.9 Å². The quantitative estimate of drug-likeness (QED) is 0.700. The first kappa shape index (κ1) is 10.2. The van der Waals surface area contributed by atoms with Crippen molar-refractivity contribution < 1.29 is 9.47 Å². The fourth-order valence-electron chi connectivity index (χ4n) is 1.59. The van der Waals surface area contributed by atoms with E-state index < -0.39 is 0 Å². The maximum Gasteiger partial charge on any atom is 0.122 e. The molecule has 2 nitrogen and oxygen atoms in total. The molecule has 0 bridgehead atoms. The van der Waals surface area contributed by atoms with Crippen molar-refractivity contribution in [3.63, 3.8) is 0 Å². The summed E-state index contributed by atoms with van der Waals surface area (Å²) in [6, 6.07) is 10.2. The van der Waals surface area contributed by atoms with Crippen molar-refractivity contribution in [2.75, 3.05) is 19.8 Å². The predicted octanol–water partition coefficient (Wildman–Crippen LogP) is 2.85. The molecule has 15 heavy (non-hydrogen) atoms. The second kappa shape index (κ2) is 5.56. The van der Waals surface area contributed by atoms with Crippen molar-refractivity contribution in [1.29, 1.82) is 0 Å². The molecular weight excluding hydrogens is 188 g/mol. The van der Waals surface area contributed by atoms with E-state index in [0.717, 1.165) is 30.8 Å². The average molecular weight is 204 g/mol. The van der Waals surface area contributed by atoms with Crippen molar-refractivity contribution in [2.24, 2.45) is 0 Å². The molecule has 0 spiro atoms. The molecule has 2 heteroatoms. The van der Waals surface area contributed by atoms with E-state index in [9.17, 15) is 0 Å². The van der Waals surface area contributed by atoms with E-state index in [2.05, 4.69) is 18.2 Å². The zero-order valence-corrected chi connectivity index (χ0v) is 8.82. The van der Waals surface area contributed by atoms with Gasteiger partial charge in [-0.2, -0.15) is 0 Å². The van der Waals surface area contributed by atoms with E-state index in [1.54, 1.807) is 0 Å². The normalized spacial score (nSPS) is 21.5. The van der Waals surface area contributed by atoms with E-state index >= 15 is 0 Å². The Bertz CT molecular complexity index is 317. The summed E-state index contributed by atoms with van der Waals surface area (Å²) in [5.41, 5.74) is 1.15. The summed E-state index contributed by atoms with van der Waals surface area (Å²) in [7, 11) is 0. The molecule has 1 aliphatic rings. The minimum atomic E-state index is 0.640. The molecular formula is C13H16O2. The summed E-state index contributed by atoms with van der Waals surface area (Å²) in [5, 5.41) is 0. The van der Waals surface area contributed by atoms with Crippen LogP contribution in [0.4, 0.5) is 0 Å². The molecule has 0 aliphatic carbocycles. The fourth-order valence-corrected chi connectivity index (χ4v) is 1.59. The lowest BCUT2D eigenvalue weighted by Gasteiger charge is -2.09. The van der Waals surface area contributed by atoms with Crippen LogP contribution >= 0.6 is 0 Å². The van der Waals surface area contributed by atoms with Crippen molar-refractivity contribution in [2.45, 2.75) is 12.8 Å². The lowest BCUT2D eigenvalue weighted by atomic mass is 10.1. The highest BCUT2D eigenvalue weighted by molar-refractivity contribution is 5.59. The summed E-state index contributed by atoms with van der Waals surface area (Å²) in [5.74, 6) is 0.987. The Morgan fingerprint density at radius 1 is 0.933 bits per heavy atom. The molecule has 0 atom stereocenters. The Morgan fingerprint density at radius 3 is 2.67 bits per heavy atom. The summed E-state index contributed by atoms with van der Waals surface area (Å²) in [6.45, 7) is 2.16. The average Bonchev–Trinajstić information content (AvgIpc) is 2.43. The van der Waals surface area contributed by atoms with E-state index in [0.29, 0.717) is 13.2 Å². The van der Waals surface area contributed by atoms with Crippen molar-refractivity contribution in [1.82, 2.24) is 0 Å². The van der Waals surface area contributed by atoms with Crippen LogP contribution in [0, 0.1) is 0 Å². The standard InChI is InChI=1S/C13H16O2/c1-2-6-12(7-3-1)13-8-4-5-9-14-10-11-15-13/h1-3,6-8H,4-5,9-11H2/b13-8-. The first-order chi connectivity index (χ1) is 7.47. The van der Waals surface area contributed by atoms with Gasteiger partial charge in [0.15, 0.2) is 0 Å². The van der Waals surface area contributed by atoms with Crippen LogP contribution in [0.3, 0.4) is 0 Å². The number of hydrogen-bond donors (Lipinski definition) is 0. The lowest BCUT2D eigenvalue weighted by Crippen LogP contribution is -2.03. The summed E-state index contributed by atoms with van der Waals surface area (Å²) in [4.78, 5) is 0. The van der Waals surface area contributed by atoms with Crippen LogP contribution in [-0.4, -0.2) is 19.8 Å². The van der Waals surface area contributed by atoms with Gasteiger partial charge in [0.2, 0.25) is 0 Å². The van der Waals surface area contributed by atoms with Crippen LogP contribution in [0.15, 0.2) is 36.4 Å². The molecule has 1 aliphatic heterocycles. The number of hydrogen-bond acceptors (Lipinski definition) is 2. The Morgan fingerprint density at radius 2 is 1.80 bits per heavy atom. The Balaban J connectivity index is 2.11. The molecule has 0 saturated heterocycles. The zero-order valence-electron chi connectivity index (χ0n) is 8.82. The van der Waals surface area contributed by atoms with E-state index in [1.807, 2.05) is 18.2 Å². The molecule has 0 radical (unpaired) electrons. The summed E-state index contributed by atoms with van der Waals surface area (Å²) in [6.07, 6.45) is 4.24. The van der Waals surface area contributed by atoms with Gasteiger partial charge in [0.1, 0.15) is 12.4 Å². The van der Waals surface area contributed by atoms with Crippen molar-refractivity contribution in [3.05, 3.63) is 42.0 Å². The van der Waals surface area contributed by atoms with Gasteiger partial charge in [0, 0.05) is 12.2 Å². The highest BCUT2D eigenvalue weighted by Crippen LogP contribution is 2.17. The highest BCUT2D eigenvalue weighted by atomic mass is 16.5. The first-order valence-electron chi connectivity index (χ1n) is 5.43. The van der Waals surface area contributed by atoms with Gasteiger partial charge in [0.25, 0.3) is 0 Å². The van der Waals surface area contributed by atoms with Gasteiger partial charge in [-0.25, -0.2) is 0 Å². The summed E-state index contributed by atoms with van der Waals surface area (Å²) < 4.78 is 11.1. The smallest absolute Gasteiger partial charge is 0.122 e. The number of rotatable bonds is 1. The van der Waals surface area contributed by atoms with E-state index in [1.165, 1.54) is 0 Å². The molecule has 0 amide bonds. The molecule has 80 valence electrons. The number of allylic oxidation sites excluding steroid dienone is 1. The van der Waals surface area contributed by atoms with Gasteiger partial charge in [-0.1, -0.05) is 30.3 Å². The zero-order chi connectivity index (χ0) is 10.3. The maximum absolute atomic E-state index is 5.69. The van der Waals surface area contributed by atoms with Crippen LogP contribution in [0.1, 0.15) is 18.4 Å². The molecule has 0 N–H and O–H groups in total. The SMILES string of the molecule is C1=C(/c2ccccc2)OCCOCCC/1. The van der Waals surface area contributed by atoms with Gasteiger partial charge in [-0.3, -0.25) is 0 Å². The molecule has 2 rings (SSSR count). The van der Waals surface area contributed by atoms with Crippen LogP contribution < -0.4 is 0 Å². The Kier molecular flexibility index (Phi) is 3.80. The molecule has 1 aromatic rings.